The Balaban J connectivity index is 2.71. The zero-order valence-corrected chi connectivity index (χ0v) is 14.3. The van der Waals surface area contributed by atoms with Crippen LogP contribution < -0.4 is 5.32 Å². The third-order valence-electron chi connectivity index (χ3n) is 3.57. The van der Waals surface area contributed by atoms with Crippen LogP contribution in [0.5, 0.6) is 0 Å². The number of ketones is 1. The molecule has 0 radical (unpaired) electrons. The Kier molecular flexibility index (Phi) is 5.94. The molecule has 1 fully saturated rings. The standard InChI is InChI=1S/C16H31NOS/c1-15(2,3)14(18)13(17-16(4,5)6)11-12-7-9-19-10-8-12/h12-13,17H,7-11H2,1-6H3. The van der Waals surface area contributed by atoms with E-state index in [0.29, 0.717) is 11.7 Å². The van der Waals surface area contributed by atoms with Crippen LogP contribution in [0.3, 0.4) is 0 Å². The highest BCUT2D eigenvalue weighted by molar-refractivity contribution is 7.99. The highest BCUT2D eigenvalue weighted by Crippen LogP contribution is 2.29. The fourth-order valence-corrected chi connectivity index (χ4v) is 3.80. The van der Waals surface area contributed by atoms with Gasteiger partial charge in [-0.2, -0.15) is 11.8 Å². The zero-order chi connectivity index (χ0) is 14.7. The number of hydrogen-bond donors (Lipinski definition) is 1. The van der Waals surface area contributed by atoms with Gasteiger partial charge in [-0.1, -0.05) is 20.8 Å². The molecule has 2 nitrogen and oxygen atoms in total. The largest absolute Gasteiger partial charge is 0.303 e. The van der Waals surface area contributed by atoms with Gasteiger partial charge in [-0.3, -0.25) is 4.79 Å². The lowest BCUT2D eigenvalue weighted by molar-refractivity contribution is -0.129. The van der Waals surface area contributed by atoms with Crippen LogP contribution in [0.15, 0.2) is 0 Å². The molecular weight excluding hydrogens is 254 g/mol. The van der Waals surface area contributed by atoms with Gasteiger partial charge >= 0.3 is 0 Å². The predicted molar refractivity (Wildman–Crippen MR) is 85.8 cm³/mol. The summed E-state index contributed by atoms with van der Waals surface area (Å²) in [4.78, 5) is 12.6. The van der Waals surface area contributed by atoms with E-state index >= 15 is 0 Å². The van der Waals surface area contributed by atoms with Gasteiger partial charge in [0.25, 0.3) is 0 Å². The highest BCUT2D eigenvalue weighted by Gasteiger charge is 2.33. The van der Waals surface area contributed by atoms with Gasteiger partial charge in [-0.25, -0.2) is 0 Å². The van der Waals surface area contributed by atoms with E-state index in [9.17, 15) is 4.79 Å². The van der Waals surface area contributed by atoms with Gasteiger partial charge in [-0.15, -0.1) is 0 Å². The summed E-state index contributed by atoms with van der Waals surface area (Å²) in [6.45, 7) is 12.5. The second-order valence-electron chi connectivity index (χ2n) is 7.85. The van der Waals surface area contributed by atoms with E-state index < -0.39 is 0 Å². The number of nitrogens with one attached hydrogen (secondary N) is 1. The number of Topliss-reactive ketones (excluding diaryl/α,β-unsaturated/α-hetero) is 1. The summed E-state index contributed by atoms with van der Waals surface area (Å²) in [6.07, 6.45) is 3.54. The van der Waals surface area contributed by atoms with Crippen LogP contribution in [0.25, 0.3) is 0 Å². The fourth-order valence-electron chi connectivity index (χ4n) is 2.59. The second-order valence-corrected chi connectivity index (χ2v) is 9.08. The minimum absolute atomic E-state index is 0.00497. The van der Waals surface area contributed by atoms with Gasteiger partial charge in [0.05, 0.1) is 6.04 Å². The minimum atomic E-state index is -0.258. The van der Waals surface area contributed by atoms with Crippen molar-refractivity contribution in [1.29, 1.82) is 0 Å². The minimum Gasteiger partial charge on any atom is -0.303 e. The molecule has 3 heteroatoms. The average molecular weight is 285 g/mol. The molecule has 19 heavy (non-hydrogen) atoms. The molecule has 0 bridgehead atoms. The zero-order valence-electron chi connectivity index (χ0n) is 13.5. The molecule has 1 rings (SSSR count). The van der Waals surface area contributed by atoms with Crippen molar-refractivity contribution in [1.82, 2.24) is 5.32 Å². The number of thioether (sulfide) groups is 1. The summed E-state index contributed by atoms with van der Waals surface area (Å²) in [5.41, 5.74) is -0.263. The summed E-state index contributed by atoms with van der Waals surface area (Å²) < 4.78 is 0. The van der Waals surface area contributed by atoms with Crippen LogP contribution >= 0.6 is 11.8 Å². The number of carbonyl (C=O) groups is 1. The third-order valence-corrected chi connectivity index (χ3v) is 4.62. The molecule has 1 N–H and O–H groups in total. The Morgan fingerprint density at radius 1 is 1.16 bits per heavy atom. The molecule has 0 amide bonds. The summed E-state index contributed by atoms with van der Waals surface area (Å²) in [5, 5.41) is 3.55. The molecular formula is C16H31NOS. The molecule has 1 aliphatic rings. The van der Waals surface area contributed by atoms with Crippen molar-refractivity contribution in [2.45, 2.75) is 72.4 Å². The Labute approximate surface area is 123 Å². The molecule has 0 aromatic carbocycles. The molecule has 0 spiro atoms. The summed E-state index contributed by atoms with van der Waals surface area (Å²) in [6, 6.07) is 0.00750. The SMILES string of the molecule is CC(C)(C)NC(CC1CCSCC1)C(=O)C(C)(C)C. The summed E-state index contributed by atoms with van der Waals surface area (Å²) >= 11 is 2.05. The van der Waals surface area contributed by atoms with Gasteiger partial charge in [0, 0.05) is 11.0 Å². The second kappa shape index (κ2) is 6.62. The van der Waals surface area contributed by atoms with Crippen molar-refractivity contribution in [3.05, 3.63) is 0 Å². The smallest absolute Gasteiger partial charge is 0.155 e. The molecule has 1 unspecified atom stereocenters. The lowest BCUT2D eigenvalue weighted by Crippen LogP contribution is -2.51. The van der Waals surface area contributed by atoms with Crippen molar-refractivity contribution >= 4 is 17.5 Å². The Morgan fingerprint density at radius 2 is 1.68 bits per heavy atom. The molecule has 0 aliphatic carbocycles. The number of rotatable bonds is 4. The molecule has 112 valence electrons. The van der Waals surface area contributed by atoms with Gasteiger partial charge < -0.3 is 5.32 Å². The number of carbonyl (C=O) groups excluding carboxylic acids is 1. The van der Waals surface area contributed by atoms with Gasteiger partial charge in [0.15, 0.2) is 5.78 Å². The first-order chi connectivity index (χ1) is 8.59. The van der Waals surface area contributed by atoms with Crippen LogP contribution in [-0.4, -0.2) is 28.9 Å². The molecule has 0 aromatic rings. The van der Waals surface area contributed by atoms with E-state index in [2.05, 4.69) is 26.1 Å². The van der Waals surface area contributed by atoms with Crippen LogP contribution in [0.4, 0.5) is 0 Å². The van der Waals surface area contributed by atoms with Gasteiger partial charge in [0.2, 0.25) is 0 Å². The van der Waals surface area contributed by atoms with Crippen molar-refractivity contribution in [2.75, 3.05) is 11.5 Å². The van der Waals surface area contributed by atoms with E-state index in [4.69, 9.17) is 0 Å². The normalized spacial score (nSPS) is 20.3. The van der Waals surface area contributed by atoms with E-state index in [-0.39, 0.29) is 17.0 Å². The quantitative estimate of drug-likeness (QED) is 0.849. The third kappa shape index (κ3) is 6.31. The maximum absolute atomic E-state index is 12.6. The molecule has 0 aromatic heterocycles. The molecule has 0 saturated carbocycles. The topological polar surface area (TPSA) is 29.1 Å². The molecule has 1 atom stereocenters. The Hall–Kier alpha value is -0.0200. The Bertz CT molecular complexity index is 295. The van der Waals surface area contributed by atoms with Crippen molar-refractivity contribution < 1.29 is 4.79 Å². The summed E-state index contributed by atoms with van der Waals surface area (Å²) in [5.74, 6) is 3.60. The first kappa shape index (κ1) is 17.0. The lowest BCUT2D eigenvalue weighted by atomic mass is 9.81. The van der Waals surface area contributed by atoms with Crippen LogP contribution in [0, 0.1) is 11.3 Å². The van der Waals surface area contributed by atoms with E-state index in [1.807, 2.05) is 32.5 Å². The first-order valence-electron chi connectivity index (χ1n) is 7.49. The average Bonchev–Trinajstić information content (AvgIpc) is 2.25. The van der Waals surface area contributed by atoms with E-state index in [0.717, 1.165) is 6.42 Å². The highest BCUT2D eigenvalue weighted by atomic mass is 32.2. The summed E-state index contributed by atoms with van der Waals surface area (Å²) in [7, 11) is 0. The van der Waals surface area contributed by atoms with Crippen LogP contribution in [-0.2, 0) is 4.79 Å². The Morgan fingerprint density at radius 3 is 2.11 bits per heavy atom. The number of hydrogen-bond acceptors (Lipinski definition) is 3. The van der Waals surface area contributed by atoms with E-state index in [1.165, 1.54) is 24.3 Å². The molecule has 1 saturated heterocycles. The molecule has 1 heterocycles. The molecule has 1 aliphatic heterocycles. The first-order valence-corrected chi connectivity index (χ1v) is 8.65. The predicted octanol–water partition coefficient (Wildman–Crippen LogP) is 3.89. The monoisotopic (exact) mass is 285 g/mol. The van der Waals surface area contributed by atoms with Crippen molar-refractivity contribution in [2.24, 2.45) is 11.3 Å². The van der Waals surface area contributed by atoms with Crippen molar-refractivity contribution in [3.8, 4) is 0 Å². The van der Waals surface area contributed by atoms with Gasteiger partial charge in [0.1, 0.15) is 0 Å². The van der Waals surface area contributed by atoms with Gasteiger partial charge in [-0.05, 0) is 57.5 Å². The van der Waals surface area contributed by atoms with E-state index in [1.54, 1.807) is 0 Å². The fraction of sp³-hybridized carbons (Fsp3) is 0.938. The van der Waals surface area contributed by atoms with Crippen LogP contribution in [0.2, 0.25) is 0 Å². The van der Waals surface area contributed by atoms with Crippen LogP contribution in [0.1, 0.15) is 60.8 Å². The van der Waals surface area contributed by atoms with Crippen molar-refractivity contribution in [3.63, 3.8) is 0 Å². The lowest BCUT2D eigenvalue weighted by Gasteiger charge is -2.34. The maximum atomic E-state index is 12.6. The maximum Gasteiger partial charge on any atom is 0.155 e.